The fourth-order valence-electron chi connectivity index (χ4n) is 3.91. The lowest BCUT2D eigenvalue weighted by Gasteiger charge is -2.13. The first-order chi connectivity index (χ1) is 11.9. The van der Waals surface area contributed by atoms with E-state index in [1.807, 2.05) is 6.92 Å². The van der Waals surface area contributed by atoms with Crippen LogP contribution in [0.15, 0.2) is 40.8 Å². The Bertz CT molecular complexity index is 975. The maximum Gasteiger partial charge on any atom is 0.130 e. The average molecular weight is 328 g/mol. The van der Waals surface area contributed by atoms with Crippen LogP contribution in [-0.2, 0) is 6.42 Å². The van der Waals surface area contributed by atoms with Crippen molar-refractivity contribution >= 4 is 11.6 Å². The molecule has 0 spiro atoms. The molecule has 0 aliphatic heterocycles. The summed E-state index contributed by atoms with van der Waals surface area (Å²) in [5.41, 5.74) is 11.9. The third-order valence-electron chi connectivity index (χ3n) is 5.24. The van der Waals surface area contributed by atoms with Gasteiger partial charge in [0.05, 0.1) is 0 Å². The van der Waals surface area contributed by atoms with Crippen molar-refractivity contribution in [3.63, 3.8) is 0 Å². The topological polar surface area (TPSA) is 13.1 Å². The first-order valence-corrected chi connectivity index (χ1v) is 8.91. The molecule has 0 saturated carbocycles. The van der Waals surface area contributed by atoms with E-state index in [-0.39, 0.29) is 0 Å². The Labute approximate surface area is 150 Å². The monoisotopic (exact) mass is 328 g/mol. The normalized spacial score (nSPS) is 13.1. The molecule has 0 atom stereocenters. The molecule has 0 N–H and O–H groups in total. The molecule has 0 amide bonds. The molecule has 25 heavy (non-hydrogen) atoms. The van der Waals surface area contributed by atoms with Crippen LogP contribution in [0.3, 0.4) is 0 Å². The highest BCUT2D eigenvalue weighted by molar-refractivity contribution is 5.94. The smallest absolute Gasteiger partial charge is 0.130 e. The van der Waals surface area contributed by atoms with Gasteiger partial charge in [0.1, 0.15) is 11.5 Å². The third-order valence-corrected chi connectivity index (χ3v) is 5.24. The summed E-state index contributed by atoms with van der Waals surface area (Å²) in [4.78, 5) is 0. The number of benzene rings is 2. The summed E-state index contributed by atoms with van der Waals surface area (Å²) in [6, 6.07) is 13.5. The number of hydrogen-bond acceptors (Lipinski definition) is 1. The van der Waals surface area contributed by atoms with Gasteiger partial charge in [0.15, 0.2) is 0 Å². The van der Waals surface area contributed by atoms with E-state index < -0.39 is 0 Å². The average Bonchev–Trinajstić information content (AvgIpc) is 3.10. The van der Waals surface area contributed by atoms with Crippen LogP contribution in [0.5, 0.6) is 0 Å². The lowest BCUT2D eigenvalue weighted by molar-refractivity contribution is 0.518. The van der Waals surface area contributed by atoms with Crippen molar-refractivity contribution in [3.05, 3.63) is 81.3 Å². The van der Waals surface area contributed by atoms with Gasteiger partial charge < -0.3 is 4.42 Å². The van der Waals surface area contributed by atoms with E-state index in [1.54, 1.807) is 0 Å². The molecule has 0 saturated heterocycles. The largest absolute Gasteiger partial charge is 0.461 e. The summed E-state index contributed by atoms with van der Waals surface area (Å²) >= 11 is 0. The van der Waals surface area contributed by atoms with E-state index in [2.05, 4.69) is 70.2 Å². The summed E-state index contributed by atoms with van der Waals surface area (Å²) in [7, 11) is 0. The number of allylic oxidation sites excluding steroid dienone is 1. The van der Waals surface area contributed by atoms with Crippen LogP contribution in [-0.4, -0.2) is 0 Å². The maximum absolute atomic E-state index is 5.98. The molecule has 1 aromatic heterocycles. The Hall–Kier alpha value is -2.54. The van der Waals surface area contributed by atoms with Gasteiger partial charge in [-0.2, -0.15) is 0 Å². The van der Waals surface area contributed by atoms with Crippen LogP contribution in [0.2, 0.25) is 0 Å². The zero-order chi connectivity index (χ0) is 17.7. The Morgan fingerprint density at radius 1 is 0.800 bits per heavy atom. The van der Waals surface area contributed by atoms with Crippen LogP contribution >= 0.6 is 0 Å². The summed E-state index contributed by atoms with van der Waals surface area (Å²) < 4.78 is 5.98. The molecule has 1 aliphatic rings. The Balaban J connectivity index is 1.88. The first-order valence-electron chi connectivity index (χ1n) is 8.91. The van der Waals surface area contributed by atoms with Gasteiger partial charge in [-0.1, -0.05) is 41.5 Å². The number of hydrogen-bond donors (Lipinski definition) is 0. The quantitative estimate of drug-likeness (QED) is 0.517. The number of furan rings is 1. The van der Waals surface area contributed by atoms with E-state index in [0.717, 1.165) is 17.9 Å². The molecule has 2 aromatic carbocycles. The lowest BCUT2D eigenvalue weighted by atomic mass is 9.91. The molecular weight excluding hydrogens is 304 g/mol. The van der Waals surface area contributed by atoms with Crippen molar-refractivity contribution in [2.24, 2.45) is 0 Å². The highest BCUT2D eigenvalue weighted by atomic mass is 16.3. The van der Waals surface area contributed by atoms with E-state index in [9.17, 15) is 0 Å². The van der Waals surface area contributed by atoms with Gasteiger partial charge in [0, 0.05) is 6.42 Å². The van der Waals surface area contributed by atoms with Crippen molar-refractivity contribution in [1.29, 1.82) is 0 Å². The molecule has 1 heteroatoms. The van der Waals surface area contributed by atoms with Crippen LogP contribution in [0.25, 0.3) is 22.8 Å². The molecular formula is C24H24O. The summed E-state index contributed by atoms with van der Waals surface area (Å²) in [6.07, 6.45) is 3.27. The third kappa shape index (κ3) is 2.74. The van der Waals surface area contributed by atoms with Gasteiger partial charge in [0.25, 0.3) is 0 Å². The van der Waals surface area contributed by atoms with Crippen LogP contribution in [0.4, 0.5) is 0 Å². The Morgan fingerprint density at radius 2 is 1.52 bits per heavy atom. The zero-order valence-electron chi connectivity index (χ0n) is 15.7. The second-order valence-electron chi connectivity index (χ2n) is 7.40. The van der Waals surface area contributed by atoms with Crippen LogP contribution < -0.4 is 0 Å². The van der Waals surface area contributed by atoms with Crippen molar-refractivity contribution in [2.45, 2.75) is 41.0 Å². The number of rotatable bonds is 2. The van der Waals surface area contributed by atoms with Crippen molar-refractivity contribution in [3.8, 4) is 11.1 Å². The lowest BCUT2D eigenvalue weighted by Crippen LogP contribution is -1.92. The molecule has 1 heterocycles. The van der Waals surface area contributed by atoms with Gasteiger partial charge in [0.2, 0.25) is 0 Å². The van der Waals surface area contributed by atoms with Gasteiger partial charge in [-0.15, -0.1) is 0 Å². The number of aryl methyl sites for hydroxylation is 5. The Morgan fingerprint density at radius 3 is 2.16 bits per heavy atom. The fraction of sp³-hybridized carbons (Fsp3) is 0.250. The van der Waals surface area contributed by atoms with E-state index in [0.29, 0.717) is 0 Å². The van der Waals surface area contributed by atoms with Crippen molar-refractivity contribution in [1.82, 2.24) is 0 Å². The molecule has 1 nitrogen and oxygen atoms in total. The highest BCUT2D eigenvalue weighted by Crippen LogP contribution is 2.40. The van der Waals surface area contributed by atoms with Crippen molar-refractivity contribution in [2.75, 3.05) is 0 Å². The maximum atomic E-state index is 5.98. The van der Waals surface area contributed by atoms with Gasteiger partial charge >= 0.3 is 0 Å². The molecule has 0 bridgehead atoms. The molecule has 3 aromatic rings. The van der Waals surface area contributed by atoms with E-state index in [1.165, 1.54) is 50.1 Å². The fourth-order valence-corrected chi connectivity index (χ4v) is 3.91. The predicted octanol–water partition coefficient (Wildman–Crippen LogP) is 6.59. The van der Waals surface area contributed by atoms with Gasteiger partial charge in [-0.25, -0.2) is 0 Å². The minimum Gasteiger partial charge on any atom is -0.461 e. The second-order valence-corrected chi connectivity index (χ2v) is 7.40. The second kappa shape index (κ2) is 5.77. The molecule has 0 fully saturated rings. The van der Waals surface area contributed by atoms with E-state index in [4.69, 9.17) is 4.42 Å². The summed E-state index contributed by atoms with van der Waals surface area (Å²) in [6.45, 7) is 10.7. The first kappa shape index (κ1) is 16.0. The van der Waals surface area contributed by atoms with E-state index >= 15 is 0 Å². The number of fused-ring (bicyclic) bond motifs is 1. The molecule has 4 rings (SSSR count). The molecule has 126 valence electrons. The van der Waals surface area contributed by atoms with Gasteiger partial charge in [-0.3, -0.25) is 0 Å². The standard InChI is InChI=1S/C24H24O/c1-14-8-15(2)10-21(9-14)24-16(3)6-7-19-12-20(13-22(19)24)23-11-17(4)18(5)25-23/h6-11,13H,12H2,1-5H3. The summed E-state index contributed by atoms with van der Waals surface area (Å²) in [5, 5.41) is 0. The minimum absolute atomic E-state index is 0.944. The molecule has 0 unspecified atom stereocenters. The van der Waals surface area contributed by atoms with Crippen LogP contribution in [0, 0.1) is 34.6 Å². The van der Waals surface area contributed by atoms with Crippen molar-refractivity contribution < 1.29 is 4.42 Å². The minimum atomic E-state index is 0.944. The van der Waals surface area contributed by atoms with Crippen LogP contribution in [0.1, 0.15) is 44.9 Å². The SMILES string of the molecule is Cc1cc(C)cc(-c2c(C)ccc3c2C=C(c2cc(C)c(C)o2)C3)c1. The molecule has 0 radical (unpaired) electrons. The highest BCUT2D eigenvalue weighted by Gasteiger charge is 2.21. The summed E-state index contributed by atoms with van der Waals surface area (Å²) in [5.74, 6) is 2.02. The van der Waals surface area contributed by atoms with Gasteiger partial charge in [-0.05, 0) is 85.7 Å². The zero-order valence-corrected chi connectivity index (χ0v) is 15.7. The molecule has 1 aliphatic carbocycles. The Kier molecular flexibility index (Phi) is 3.68. The predicted molar refractivity (Wildman–Crippen MR) is 106 cm³/mol.